The molecule has 0 heterocycles. The molecular formula is C21H41N5O5S. The summed E-state index contributed by atoms with van der Waals surface area (Å²) < 4.78 is 0. The molecule has 0 aliphatic carbocycles. The lowest BCUT2D eigenvalue weighted by atomic mass is 10.0. The first-order valence-corrected chi connectivity index (χ1v) is 12.4. The third-order valence-corrected chi connectivity index (χ3v) is 5.72. The molecule has 0 rings (SSSR count). The van der Waals surface area contributed by atoms with Crippen molar-refractivity contribution in [1.29, 1.82) is 0 Å². The average molecular weight is 476 g/mol. The largest absolute Gasteiger partial charge is 0.480 e. The zero-order valence-electron chi connectivity index (χ0n) is 19.8. The Morgan fingerprint density at radius 3 is 1.84 bits per heavy atom. The maximum absolute atomic E-state index is 13.0. The highest BCUT2D eigenvalue weighted by atomic mass is 32.2. The SMILES string of the molecule is CSCCC(NC(=O)C(CCCCN)NC(=O)C(N)C(C)C)C(=O)NC(C(=O)O)C(C)C. The van der Waals surface area contributed by atoms with Crippen molar-refractivity contribution in [3.63, 3.8) is 0 Å². The van der Waals surface area contributed by atoms with Gasteiger partial charge in [0.1, 0.15) is 18.1 Å². The van der Waals surface area contributed by atoms with E-state index in [-0.39, 0.29) is 11.8 Å². The van der Waals surface area contributed by atoms with Crippen LogP contribution in [0.4, 0.5) is 0 Å². The Morgan fingerprint density at radius 1 is 0.844 bits per heavy atom. The molecule has 0 saturated heterocycles. The van der Waals surface area contributed by atoms with Gasteiger partial charge in [-0.1, -0.05) is 27.7 Å². The van der Waals surface area contributed by atoms with E-state index in [1.165, 1.54) is 11.8 Å². The first-order chi connectivity index (χ1) is 15.0. The monoisotopic (exact) mass is 475 g/mol. The maximum Gasteiger partial charge on any atom is 0.326 e. The van der Waals surface area contributed by atoms with Gasteiger partial charge in [-0.3, -0.25) is 14.4 Å². The van der Waals surface area contributed by atoms with Crippen LogP contribution in [0.2, 0.25) is 0 Å². The molecule has 8 N–H and O–H groups in total. The van der Waals surface area contributed by atoms with Crippen LogP contribution in [-0.2, 0) is 19.2 Å². The minimum atomic E-state index is -1.14. The van der Waals surface area contributed by atoms with Gasteiger partial charge in [-0.05, 0) is 56.1 Å². The zero-order valence-corrected chi connectivity index (χ0v) is 20.7. The lowest BCUT2D eigenvalue weighted by Crippen LogP contribution is -2.58. The minimum absolute atomic E-state index is 0.105. The average Bonchev–Trinajstić information content (AvgIpc) is 2.72. The second kappa shape index (κ2) is 15.9. The van der Waals surface area contributed by atoms with Crippen molar-refractivity contribution in [2.45, 2.75) is 77.5 Å². The number of thioether (sulfide) groups is 1. The minimum Gasteiger partial charge on any atom is -0.480 e. The maximum atomic E-state index is 13.0. The van der Waals surface area contributed by atoms with E-state index < -0.39 is 47.9 Å². The van der Waals surface area contributed by atoms with Gasteiger partial charge >= 0.3 is 5.97 Å². The molecule has 0 bridgehead atoms. The highest BCUT2D eigenvalue weighted by molar-refractivity contribution is 7.98. The van der Waals surface area contributed by atoms with Crippen LogP contribution in [0, 0.1) is 11.8 Å². The summed E-state index contributed by atoms with van der Waals surface area (Å²) in [4.78, 5) is 49.7. The van der Waals surface area contributed by atoms with E-state index in [1.807, 2.05) is 20.1 Å². The molecule has 0 fully saturated rings. The van der Waals surface area contributed by atoms with Gasteiger partial charge in [0.2, 0.25) is 17.7 Å². The molecule has 0 radical (unpaired) electrons. The molecule has 3 amide bonds. The normalized spacial score (nSPS) is 15.0. The van der Waals surface area contributed by atoms with E-state index >= 15 is 0 Å². The van der Waals surface area contributed by atoms with Gasteiger partial charge in [0.15, 0.2) is 0 Å². The summed E-state index contributed by atoms with van der Waals surface area (Å²) in [5.74, 6) is -2.51. The summed E-state index contributed by atoms with van der Waals surface area (Å²) in [7, 11) is 0. The molecule has 11 heteroatoms. The van der Waals surface area contributed by atoms with E-state index in [4.69, 9.17) is 11.5 Å². The molecule has 32 heavy (non-hydrogen) atoms. The number of unbranched alkanes of at least 4 members (excludes halogenated alkanes) is 1. The molecule has 0 aromatic carbocycles. The predicted molar refractivity (Wildman–Crippen MR) is 127 cm³/mol. The molecule has 0 spiro atoms. The Morgan fingerprint density at radius 2 is 1.38 bits per heavy atom. The van der Waals surface area contributed by atoms with Crippen molar-refractivity contribution < 1.29 is 24.3 Å². The highest BCUT2D eigenvalue weighted by Crippen LogP contribution is 2.08. The van der Waals surface area contributed by atoms with Crippen molar-refractivity contribution in [3.05, 3.63) is 0 Å². The number of carboxylic acids is 1. The summed E-state index contributed by atoms with van der Waals surface area (Å²) in [6, 6.07) is -3.63. The quantitative estimate of drug-likeness (QED) is 0.170. The molecule has 0 aliphatic rings. The van der Waals surface area contributed by atoms with E-state index in [1.54, 1.807) is 13.8 Å². The number of aliphatic carboxylic acids is 1. The van der Waals surface area contributed by atoms with E-state index in [0.717, 1.165) is 0 Å². The molecule has 4 unspecified atom stereocenters. The summed E-state index contributed by atoms with van der Waals surface area (Å²) in [6.07, 6.45) is 3.83. The second-order valence-electron chi connectivity index (χ2n) is 8.53. The smallest absolute Gasteiger partial charge is 0.326 e. The number of amides is 3. The fourth-order valence-electron chi connectivity index (χ4n) is 2.88. The van der Waals surface area contributed by atoms with Gasteiger partial charge in [0.05, 0.1) is 6.04 Å². The Hall–Kier alpha value is -1.85. The highest BCUT2D eigenvalue weighted by Gasteiger charge is 2.31. The molecular weight excluding hydrogens is 434 g/mol. The number of hydrogen-bond donors (Lipinski definition) is 6. The molecule has 0 aromatic heterocycles. The number of nitrogens with one attached hydrogen (secondary N) is 3. The summed E-state index contributed by atoms with van der Waals surface area (Å²) in [5.41, 5.74) is 11.4. The van der Waals surface area contributed by atoms with Gasteiger partial charge in [-0.2, -0.15) is 11.8 Å². The first-order valence-electron chi connectivity index (χ1n) is 11.0. The Bertz CT molecular complexity index is 617. The van der Waals surface area contributed by atoms with Crippen LogP contribution >= 0.6 is 11.8 Å². The predicted octanol–water partition coefficient (Wildman–Crippen LogP) is 0.0468. The van der Waals surface area contributed by atoms with Gasteiger partial charge in [0, 0.05) is 0 Å². The fourth-order valence-corrected chi connectivity index (χ4v) is 3.35. The first kappa shape index (κ1) is 30.1. The number of carboxylic acid groups (broad SMARTS) is 1. The van der Waals surface area contributed by atoms with Crippen molar-refractivity contribution in [2.24, 2.45) is 23.3 Å². The van der Waals surface area contributed by atoms with Gasteiger partial charge in [0.25, 0.3) is 0 Å². The number of hydrogen-bond acceptors (Lipinski definition) is 7. The Balaban J connectivity index is 5.45. The van der Waals surface area contributed by atoms with E-state index in [2.05, 4.69) is 16.0 Å². The summed E-state index contributed by atoms with van der Waals surface area (Å²) >= 11 is 1.50. The molecule has 186 valence electrons. The lowest BCUT2D eigenvalue weighted by Gasteiger charge is -2.26. The van der Waals surface area contributed by atoms with Gasteiger partial charge < -0.3 is 32.5 Å². The molecule has 4 atom stereocenters. The van der Waals surface area contributed by atoms with Crippen molar-refractivity contribution >= 4 is 35.5 Å². The van der Waals surface area contributed by atoms with Gasteiger partial charge in [-0.25, -0.2) is 4.79 Å². The molecule has 10 nitrogen and oxygen atoms in total. The van der Waals surface area contributed by atoms with Crippen LogP contribution in [-0.4, -0.2) is 71.5 Å². The molecule has 0 aromatic rings. The Kier molecular flexibility index (Phi) is 15.0. The number of carbonyl (C=O) groups excluding carboxylic acids is 3. The molecule has 0 aliphatic heterocycles. The van der Waals surface area contributed by atoms with E-state index in [9.17, 15) is 24.3 Å². The topological polar surface area (TPSA) is 177 Å². The van der Waals surface area contributed by atoms with Crippen molar-refractivity contribution in [1.82, 2.24) is 16.0 Å². The van der Waals surface area contributed by atoms with Crippen molar-refractivity contribution in [3.8, 4) is 0 Å². The summed E-state index contributed by atoms with van der Waals surface area (Å²) in [6.45, 7) is 7.46. The summed E-state index contributed by atoms with van der Waals surface area (Å²) in [5, 5.41) is 17.2. The van der Waals surface area contributed by atoms with Crippen LogP contribution in [0.25, 0.3) is 0 Å². The fraction of sp³-hybridized carbons (Fsp3) is 0.810. The second-order valence-corrected chi connectivity index (χ2v) is 9.51. The van der Waals surface area contributed by atoms with Crippen molar-refractivity contribution in [2.75, 3.05) is 18.6 Å². The van der Waals surface area contributed by atoms with E-state index in [0.29, 0.717) is 38.0 Å². The standard InChI is InChI=1S/C21H41N5O5S/c1-12(2)16(23)20(29)25-14(8-6-7-10-22)18(27)24-15(9-11-32-5)19(28)26-17(13(3)4)21(30)31/h12-17H,6-11,22-23H2,1-5H3,(H,24,27)(H,25,29)(H,26,28)(H,30,31). The van der Waals surface area contributed by atoms with Gasteiger partial charge in [-0.15, -0.1) is 0 Å². The number of rotatable bonds is 16. The number of nitrogens with two attached hydrogens (primary N) is 2. The van der Waals surface area contributed by atoms with Crippen LogP contribution in [0.5, 0.6) is 0 Å². The third kappa shape index (κ3) is 11.1. The van der Waals surface area contributed by atoms with Crippen LogP contribution < -0.4 is 27.4 Å². The van der Waals surface area contributed by atoms with Crippen LogP contribution in [0.3, 0.4) is 0 Å². The molecule has 0 saturated carbocycles. The van der Waals surface area contributed by atoms with Crippen LogP contribution in [0.15, 0.2) is 0 Å². The zero-order chi connectivity index (χ0) is 24.8. The Labute approximate surface area is 195 Å². The third-order valence-electron chi connectivity index (χ3n) is 5.07. The number of carbonyl (C=O) groups is 4. The van der Waals surface area contributed by atoms with Crippen LogP contribution in [0.1, 0.15) is 53.4 Å². The lowest BCUT2D eigenvalue weighted by molar-refractivity contribution is -0.143.